The maximum Gasteiger partial charge on any atom is 0.224 e. The summed E-state index contributed by atoms with van der Waals surface area (Å²) in [6, 6.07) is 14.5. The van der Waals surface area contributed by atoms with Crippen LogP contribution < -0.4 is 5.32 Å². The summed E-state index contributed by atoms with van der Waals surface area (Å²) in [5.41, 5.74) is 2.86. The highest BCUT2D eigenvalue weighted by atomic mass is 19.1. The van der Waals surface area contributed by atoms with Crippen LogP contribution in [-0.2, 0) is 4.79 Å². The Bertz CT molecular complexity index is 932. The molecule has 3 rings (SSSR count). The van der Waals surface area contributed by atoms with Gasteiger partial charge < -0.3 is 5.32 Å². The number of benzene rings is 2. The van der Waals surface area contributed by atoms with Crippen LogP contribution in [0.5, 0.6) is 0 Å². The topological polar surface area (TPSA) is 64.0 Å². The molecule has 3 aromatic rings. The lowest BCUT2D eigenvalue weighted by atomic mass is 10.1. The number of amides is 1. The maximum atomic E-state index is 12.9. The van der Waals surface area contributed by atoms with E-state index < -0.39 is 5.82 Å². The van der Waals surface area contributed by atoms with Crippen LogP contribution in [0.1, 0.15) is 28.9 Å². The van der Waals surface area contributed by atoms with Gasteiger partial charge in [0.15, 0.2) is 5.78 Å². The van der Waals surface area contributed by atoms with E-state index in [0.29, 0.717) is 11.3 Å². The van der Waals surface area contributed by atoms with Gasteiger partial charge in [0.2, 0.25) is 5.91 Å². The molecule has 0 saturated carbocycles. The van der Waals surface area contributed by atoms with E-state index in [1.165, 1.54) is 24.3 Å². The highest BCUT2D eigenvalue weighted by Crippen LogP contribution is 2.16. The zero-order valence-corrected chi connectivity index (χ0v) is 14.3. The molecule has 0 aliphatic carbocycles. The first-order valence-electron chi connectivity index (χ1n) is 8.22. The minimum Gasteiger partial charge on any atom is -0.326 e. The van der Waals surface area contributed by atoms with Gasteiger partial charge >= 0.3 is 0 Å². The molecule has 0 bridgehead atoms. The number of Topliss-reactive ketones (excluding diaryl/α,β-unsaturated/α-hetero) is 1. The molecule has 2 aromatic carbocycles. The van der Waals surface area contributed by atoms with E-state index in [-0.39, 0.29) is 24.5 Å². The van der Waals surface area contributed by atoms with Crippen molar-refractivity contribution in [1.29, 1.82) is 0 Å². The van der Waals surface area contributed by atoms with Crippen LogP contribution in [0.2, 0.25) is 0 Å². The molecule has 0 fully saturated rings. The van der Waals surface area contributed by atoms with Crippen LogP contribution in [0.3, 0.4) is 0 Å². The summed E-state index contributed by atoms with van der Waals surface area (Å²) in [6.07, 6.45) is 1.83. The third-order valence-corrected chi connectivity index (χ3v) is 3.95. The molecule has 0 aliphatic heterocycles. The van der Waals surface area contributed by atoms with Gasteiger partial charge in [-0.25, -0.2) is 9.07 Å². The van der Waals surface area contributed by atoms with E-state index in [1.54, 1.807) is 16.9 Å². The molecule has 5 nitrogen and oxygen atoms in total. The zero-order chi connectivity index (χ0) is 18.5. The van der Waals surface area contributed by atoms with Gasteiger partial charge in [0.1, 0.15) is 5.82 Å². The third kappa shape index (κ3) is 4.22. The fourth-order valence-corrected chi connectivity index (χ4v) is 2.59. The summed E-state index contributed by atoms with van der Waals surface area (Å²) in [4.78, 5) is 24.2. The molecule has 0 radical (unpaired) electrons. The van der Waals surface area contributed by atoms with Crippen molar-refractivity contribution in [2.24, 2.45) is 0 Å². The quantitative estimate of drug-likeness (QED) is 0.685. The molecule has 1 N–H and O–H groups in total. The van der Waals surface area contributed by atoms with E-state index in [1.807, 2.05) is 31.2 Å². The van der Waals surface area contributed by atoms with Crippen molar-refractivity contribution < 1.29 is 14.0 Å². The summed E-state index contributed by atoms with van der Waals surface area (Å²) in [6.45, 7) is 1.94. The normalized spacial score (nSPS) is 10.5. The van der Waals surface area contributed by atoms with Crippen LogP contribution in [-0.4, -0.2) is 21.5 Å². The minimum atomic E-state index is -0.397. The Morgan fingerprint density at radius 3 is 2.54 bits per heavy atom. The van der Waals surface area contributed by atoms with Crippen LogP contribution in [0.15, 0.2) is 60.8 Å². The Hall–Kier alpha value is -3.28. The standard InChI is InChI=1S/C20H18FN3O2/c1-14-11-12-22-24(14)18-4-2-3-17(13-18)23-20(26)10-9-19(25)15-5-7-16(21)8-6-15/h2-8,11-13H,9-10H2,1H3,(H,23,26). The molecule has 26 heavy (non-hydrogen) atoms. The van der Waals surface area contributed by atoms with Gasteiger partial charge in [-0.05, 0) is 55.5 Å². The molecular formula is C20H18FN3O2. The van der Waals surface area contributed by atoms with Crippen molar-refractivity contribution in [1.82, 2.24) is 9.78 Å². The number of aromatic nitrogens is 2. The number of ketones is 1. The number of aryl methyl sites for hydroxylation is 1. The van der Waals surface area contributed by atoms with Gasteiger partial charge in [-0.1, -0.05) is 6.07 Å². The molecule has 1 heterocycles. The molecular weight excluding hydrogens is 333 g/mol. The van der Waals surface area contributed by atoms with Crippen molar-refractivity contribution in [2.75, 3.05) is 5.32 Å². The average molecular weight is 351 g/mol. The van der Waals surface area contributed by atoms with Gasteiger partial charge in [0, 0.05) is 36.0 Å². The minimum absolute atomic E-state index is 0.0568. The number of carbonyl (C=O) groups is 2. The van der Waals surface area contributed by atoms with Crippen LogP contribution in [0, 0.1) is 12.7 Å². The molecule has 6 heteroatoms. The second kappa shape index (κ2) is 7.74. The number of nitrogens with one attached hydrogen (secondary N) is 1. The maximum absolute atomic E-state index is 12.9. The predicted octanol–water partition coefficient (Wildman–Crippen LogP) is 3.92. The summed E-state index contributed by atoms with van der Waals surface area (Å²) in [7, 11) is 0. The Morgan fingerprint density at radius 1 is 1.08 bits per heavy atom. The number of hydrogen-bond donors (Lipinski definition) is 1. The first-order chi connectivity index (χ1) is 12.5. The Balaban J connectivity index is 1.59. The molecule has 0 aliphatic rings. The number of nitrogens with zero attached hydrogens (tertiary/aromatic N) is 2. The number of rotatable bonds is 6. The summed E-state index contributed by atoms with van der Waals surface area (Å²) in [5, 5.41) is 7.03. The lowest BCUT2D eigenvalue weighted by Crippen LogP contribution is -2.14. The van der Waals surface area contributed by atoms with E-state index >= 15 is 0 Å². The summed E-state index contributed by atoms with van der Waals surface area (Å²) < 4.78 is 14.7. The van der Waals surface area contributed by atoms with E-state index in [4.69, 9.17) is 0 Å². The lowest BCUT2D eigenvalue weighted by molar-refractivity contribution is -0.116. The highest BCUT2D eigenvalue weighted by Gasteiger charge is 2.10. The predicted molar refractivity (Wildman–Crippen MR) is 96.9 cm³/mol. The molecule has 0 saturated heterocycles. The van der Waals surface area contributed by atoms with Gasteiger partial charge in [-0.3, -0.25) is 9.59 Å². The average Bonchev–Trinajstić information content (AvgIpc) is 3.06. The first-order valence-corrected chi connectivity index (χ1v) is 8.22. The largest absolute Gasteiger partial charge is 0.326 e. The molecule has 0 spiro atoms. The number of halogens is 1. The molecule has 0 unspecified atom stereocenters. The Labute approximate surface area is 150 Å². The zero-order valence-electron chi connectivity index (χ0n) is 14.3. The lowest BCUT2D eigenvalue weighted by Gasteiger charge is -2.09. The SMILES string of the molecule is Cc1ccnn1-c1cccc(NC(=O)CCC(=O)c2ccc(F)cc2)c1. The molecule has 1 amide bonds. The third-order valence-electron chi connectivity index (χ3n) is 3.95. The Morgan fingerprint density at radius 2 is 1.85 bits per heavy atom. The van der Waals surface area contributed by atoms with Crippen LogP contribution >= 0.6 is 0 Å². The summed E-state index contributed by atoms with van der Waals surface area (Å²) in [5.74, 6) is -0.845. The van der Waals surface area contributed by atoms with Crippen molar-refractivity contribution in [2.45, 2.75) is 19.8 Å². The fraction of sp³-hybridized carbons (Fsp3) is 0.150. The van der Waals surface area contributed by atoms with Gasteiger partial charge in [0.25, 0.3) is 0 Å². The van der Waals surface area contributed by atoms with Crippen LogP contribution in [0.4, 0.5) is 10.1 Å². The van der Waals surface area contributed by atoms with E-state index in [2.05, 4.69) is 10.4 Å². The molecule has 1 aromatic heterocycles. The van der Waals surface area contributed by atoms with Crippen LogP contribution in [0.25, 0.3) is 5.69 Å². The number of anilines is 1. The van der Waals surface area contributed by atoms with E-state index in [9.17, 15) is 14.0 Å². The first kappa shape index (κ1) is 17.5. The van der Waals surface area contributed by atoms with Crippen molar-refractivity contribution in [3.63, 3.8) is 0 Å². The second-order valence-electron chi connectivity index (χ2n) is 5.91. The van der Waals surface area contributed by atoms with E-state index in [0.717, 1.165) is 11.4 Å². The smallest absolute Gasteiger partial charge is 0.224 e. The van der Waals surface area contributed by atoms with Gasteiger partial charge in [0.05, 0.1) is 5.69 Å². The Kier molecular flexibility index (Phi) is 5.22. The van der Waals surface area contributed by atoms with Crippen molar-refractivity contribution in [3.8, 4) is 5.69 Å². The molecule has 132 valence electrons. The number of hydrogen-bond acceptors (Lipinski definition) is 3. The highest BCUT2D eigenvalue weighted by molar-refractivity contribution is 6.00. The van der Waals surface area contributed by atoms with Gasteiger partial charge in [-0.15, -0.1) is 0 Å². The molecule has 0 atom stereocenters. The van der Waals surface area contributed by atoms with Gasteiger partial charge in [-0.2, -0.15) is 5.10 Å². The van der Waals surface area contributed by atoms with Crippen molar-refractivity contribution in [3.05, 3.63) is 77.9 Å². The monoisotopic (exact) mass is 351 g/mol. The summed E-state index contributed by atoms with van der Waals surface area (Å²) >= 11 is 0. The number of carbonyl (C=O) groups excluding carboxylic acids is 2. The fourth-order valence-electron chi connectivity index (χ4n) is 2.59. The van der Waals surface area contributed by atoms with Crippen molar-refractivity contribution >= 4 is 17.4 Å². The second-order valence-corrected chi connectivity index (χ2v) is 5.91.